The minimum atomic E-state index is -0.101. The molecule has 0 unspecified atom stereocenters. The van der Waals surface area contributed by atoms with Crippen LogP contribution in [0.25, 0.3) is 0 Å². The maximum Gasteiger partial charge on any atom is 0.160 e. The van der Waals surface area contributed by atoms with Crippen molar-refractivity contribution in [3.63, 3.8) is 0 Å². The van der Waals surface area contributed by atoms with Crippen LogP contribution in [0.4, 0.5) is 0 Å². The van der Waals surface area contributed by atoms with Crippen LogP contribution in [-0.4, -0.2) is 15.3 Å². The van der Waals surface area contributed by atoms with Crippen molar-refractivity contribution < 1.29 is 5.11 Å². The summed E-state index contributed by atoms with van der Waals surface area (Å²) < 4.78 is 0. The van der Waals surface area contributed by atoms with Crippen molar-refractivity contribution in [3.8, 4) is 5.75 Å². The van der Waals surface area contributed by atoms with Crippen molar-refractivity contribution in [2.75, 3.05) is 0 Å². The first-order valence-electron chi connectivity index (χ1n) is 5.09. The topological polar surface area (TPSA) is 48.9 Å². The summed E-state index contributed by atoms with van der Waals surface area (Å²) in [5.41, 5.74) is 1.51. The molecule has 3 nitrogen and oxygen atoms in total. The number of H-pyrrole nitrogens is 1. The molecule has 0 amide bonds. The Bertz CT molecular complexity index is 308. The molecule has 0 fully saturated rings. The SMILES string of the molecule is CC(C)Cc1[nH]nc(C(C)(C)C)c1O. The lowest BCUT2D eigenvalue weighted by Crippen LogP contribution is -2.11. The maximum atomic E-state index is 9.92. The first kappa shape index (κ1) is 11.1. The van der Waals surface area contributed by atoms with Crippen LogP contribution in [0.1, 0.15) is 46.0 Å². The van der Waals surface area contributed by atoms with Gasteiger partial charge in [0.1, 0.15) is 5.69 Å². The van der Waals surface area contributed by atoms with Gasteiger partial charge in [0.15, 0.2) is 5.75 Å². The highest BCUT2D eigenvalue weighted by atomic mass is 16.3. The molecule has 80 valence electrons. The molecule has 1 heterocycles. The summed E-state index contributed by atoms with van der Waals surface area (Å²) in [6.07, 6.45) is 0.842. The first-order chi connectivity index (χ1) is 6.32. The van der Waals surface area contributed by atoms with Crippen molar-refractivity contribution in [2.24, 2.45) is 5.92 Å². The molecule has 0 aliphatic rings. The zero-order valence-electron chi connectivity index (χ0n) is 9.68. The summed E-state index contributed by atoms with van der Waals surface area (Å²) in [4.78, 5) is 0. The number of aromatic nitrogens is 2. The quantitative estimate of drug-likeness (QED) is 0.763. The van der Waals surface area contributed by atoms with Gasteiger partial charge in [0.05, 0.1) is 5.69 Å². The minimum Gasteiger partial charge on any atom is -0.504 e. The number of aromatic hydroxyl groups is 1. The molecule has 0 aromatic carbocycles. The average Bonchev–Trinajstić information content (AvgIpc) is 2.30. The van der Waals surface area contributed by atoms with Gasteiger partial charge in [-0.2, -0.15) is 5.10 Å². The van der Waals surface area contributed by atoms with Gasteiger partial charge < -0.3 is 5.11 Å². The molecular formula is C11H20N2O. The predicted octanol–water partition coefficient (Wildman–Crippen LogP) is 2.61. The van der Waals surface area contributed by atoms with E-state index in [1.165, 1.54) is 0 Å². The number of aromatic amines is 1. The Balaban J connectivity index is 2.97. The van der Waals surface area contributed by atoms with Gasteiger partial charge in [-0.15, -0.1) is 0 Å². The normalized spacial score (nSPS) is 12.4. The third kappa shape index (κ3) is 2.28. The summed E-state index contributed by atoms with van der Waals surface area (Å²) in [6, 6.07) is 0. The van der Waals surface area contributed by atoms with Gasteiger partial charge in [0.2, 0.25) is 0 Å². The van der Waals surface area contributed by atoms with E-state index in [0.717, 1.165) is 17.8 Å². The lowest BCUT2D eigenvalue weighted by Gasteiger charge is -2.15. The molecule has 14 heavy (non-hydrogen) atoms. The Kier molecular flexibility index (Phi) is 2.88. The van der Waals surface area contributed by atoms with Gasteiger partial charge in [-0.05, 0) is 12.3 Å². The molecule has 0 saturated heterocycles. The zero-order chi connectivity index (χ0) is 10.9. The van der Waals surface area contributed by atoms with E-state index in [9.17, 15) is 5.11 Å². The predicted molar refractivity (Wildman–Crippen MR) is 57.5 cm³/mol. The van der Waals surface area contributed by atoms with Gasteiger partial charge in [-0.1, -0.05) is 34.6 Å². The highest BCUT2D eigenvalue weighted by Crippen LogP contribution is 2.31. The van der Waals surface area contributed by atoms with Crippen LogP contribution in [-0.2, 0) is 11.8 Å². The summed E-state index contributed by atoms with van der Waals surface area (Å²) in [6.45, 7) is 10.4. The van der Waals surface area contributed by atoms with Crippen molar-refractivity contribution in [1.29, 1.82) is 0 Å². The monoisotopic (exact) mass is 196 g/mol. The van der Waals surface area contributed by atoms with Crippen LogP contribution < -0.4 is 0 Å². The van der Waals surface area contributed by atoms with Gasteiger partial charge in [-0.25, -0.2) is 0 Å². The third-order valence-electron chi connectivity index (χ3n) is 2.14. The van der Waals surface area contributed by atoms with Crippen molar-refractivity contribution >= 4 is 0 Å². The van der Waals surface area contributed by atoms with Crippen molar-refractivity contribution in [2.45, 2.75) is 46.5 Å². The van der Waals surface area contributed by atoms with Crippen LogP contribution in [0.3, 0.4) is 0 Å². The van der Waals surface area contributed by atoms with E-state index in [4.69, 9.17) is 0 Å². The second-order valence-corrected chi connectivity index (χ2v) is 5.25. The van der Waals surface area contributed by atoms with Crippen molar-refractivity contribution in [3.05, 3.63) is 11.4 Å². The standard InChI is InChI=1S/C11H20N2O/c1-7(2)6-8-9(14)10(13-12-8)11(3,4)5/h7,14H,6H2,1-5H3,(H,12,13). The Morgan fingerprint density at radius 3 is 2.29 bits per heavy atom. The number of hydrogen-bond donors (Lipinski definition) is 2. The zero-order valence-corrected chi connectivity index (χ0v) is 9.68. The van der Waals surface area contributed by atoms with Crippen LogP contribution in [0.5, 0.6) is 5.75 Å². The summed E-state index contributed by atoms with van der Waals surface area (Å²) in [7, 11) is 0. The molecule has 0 aliphatic heterocycles. The maximum absolute atomic E-state index is 9.92. The number of nitrogens with one attached hydrogen (secondary N) is 1. The molecule has 3 heteroatoms. The Morgan fingerprint density at radius 1 is 1.36 bits per heavy atom. The molecule has 0 atom stereocenters. The smallest absolute Gasteiger partial charge is 0.160 e. The summed E-state index contributed by atoms with van der Waals surface area (Å²) in [5.74, 6) is 0.861. The van der Waals surface area contributed by atoms with E-state index in [2.05, 4.69) is 24.0 Å². The lowest BCUT2D eigenvalue weighted by atomic mass is 9.91. The molecule has 1 aromatic rings. The van der Waals surface area contributed by atoms with Gasteiger partial charge in [-0.3, -0.25) is 5.10 Å². The van der Waals surface area contributed by atoms with Crippen LogP contribution in [0.15, 0.2) is 0 Å². The first-order valence-corrected chi connectivity index (χ1v) is 5.09. The molecule has 0 aliphatic carbocycles. The molecule has 1 rings (SSSR count). The van der Waals surface area contributed by atoms with E-state index >= 15 is 0 Å². The van der Waals surface area contributed by atoms with E-state index in [0.29, 0.717) is 11.7 Å². The number of rotatable bonds is 2. The van der Waals surface area contributed by atoms with E-state index in [1.807, 2.05) is 20.8 Å². The highest BCUT2D eigenvalue weighted by molar-refractivity contribution is 5.35. The van der Waals surface area contributed by atoms with Crippen LogP contribution >= 0.6 is 0 Å². The van der Waals surface area contributed by atoms with Crippen LogP contribution in [0.2, 0.25) is 0 Å². The number of nitrogens with zero attached hydrogens (tertiary/aromatic N) is 1. The van der Waals surface area contributed by atoms with Gasteiger partial charge in [0.25, 0.3) is 0 Å². The van der Waals surface area contributed by atoms with Crippen molar-refractivity contribution in [1.82, 2.24) is 10.2 Å². The van der Waals surface area contributed by atoms with E-state index in [-0.39, 0.29) is 5.41 Å². The second kappa shape index (κ2) is 3.64. The van der Waals surface area contributed by atoms with Gasteiger partial charge >= 0.3 is 0 Å². The fraction of sp³-hybridized carbons (Fsp3) is 0.727. The Labute approximate surface area is 85.5 Å². The molecule has 0 radical (unpaired) electrons. The summed E-state index contributed by atoms with van der Waals surface area (Å²) >= 11 is 0. The molecule has 0 bridgehead atoms. The fourth-order valence-electron chi connectivity index (χ4n) is 1.45. The third-order valence-corrected chi connectivity index (χ3v) is 2.14. The molecular weight excluding hydrogens is 176 g/mol. The Morgan fingerprint density at radius 2 is 1.93 bits per heavy atom. The fourth-order valence-corrected chi connectivity index (χ4v) is 1.45. The molecule has 0 saturated carbocycles. The van der Waals surface area contributed by atoms with E-state index < -0.39 is 0 Å². The molecule has 1 aromatic heterocycles. The summed E-state index contributed by atoms with van der Waals surface area (Å²) in [5, 5.41) is 17.0. The second-order valence-electron chi connectivity index (χ2n) is 5.25. The molecule has 0 spiro atoms. The lowest BCUT2D eigenvalue weighted by molar-refractivity contribution is 0.436. The van der Waals surface area contributed by atoms with Gasteiger partial charge in [0, 0.05) is 5.41 Å². The largest absolute Gasteiger partial charge is 0.504 e. The van der Waals surface area contributed by atoms with Crippen LogP contribution in [0, 0.1) is 5.92 Å². The Hall–Kier alpha value is -0.990. The minimum absolute atomic E-state index is 0.101. The average molecular weight is 196 g/mol. The van der Waals surface area contributed by atoms with E-state index in [1.54, 1.807) is 0 Å². The molecule has 2 N–H and O–H groups in total. The highest BCUT2D eigenvalue weighted by Gasteiger charge is 2.23. The number of hydrogen-bond acceptors (Lipinski definition) is 2.